The van der Waals surface area contributed by atoms with Crippen molar-refractivity contribution < 1.29 is 12.8 Å². The van der Waals surface area contributed by atoms with Gasteiger partial charge < -0.3 is 10.6 Å². The van der Waals surface area contributed by atoms with E-state index in [4.69, 9.17) is 5.14 Å². The molecule has 0 bridgehead atoms. The standard InChI is InChI=1S/C18H15FN6O2S2/c1-10-2-7-14-15(8-10)28-18(23-14)25-16-13(19)9-21-17(24-16)22-11-3-5-12(6-4-11)29(20,26)27/h2-9H,1H3,(H2,20,26,27)(H2,21,22,23,24,25). The van der Waals surface area contributed by atoms with Crippen LogP contribution in [-0.4, -0.2) is 23.4 Å². The molecule has 0 radical (unpaired) electrons. The zero-order valence-electron chi connectivity index (χ0n) is 15.0. The van der Waals surface area contributed by atoms with Crippen LogP contribution in [0.25, 0.3) is 10.2 Å². The average molecular weight is 430 g/mol. The first-order chi connectivity index (χ1) is 13.8. The summed E-state index contributed by atoms with van der Waals surface area (Å²) in [5, 5.41) is 11.4. The fourth-order valence-electron chi connectivity index (χ4n) is 2.56. The Morgan fingerprint density at radius 1 is 1.07 bits per heavy atom. The van der Waals surface area contributed by atoms with E-state index >= 15 is 0 Å². The highest BCUT2D eigenvalue weighted by atomic mass is 32.2. The second kappa shape index (κ2) is 7.35. The lowest BCUT2D eigenvalue weighted by molar-refractivity contribution is 0.598. The molecule has 0 unspecified atom stereocenters. The number of benzene rings is 2. The highest BCUT2D eigenvalue weighted by molar-refractivity contribution is 7.89. The minimum absolute atomic E-state index is 0.0171. The van der Waals surface area contributed by atoms with Crippen molar-refractivity contribution in [2.45, 2.75) is 11.8 Å². The molecule has 0 atom stereocenters. The Hall–Kier alpha value is -3.15. The van der Waals surface area contributed by atoms with Crippen molar-refractivity contribution in [3.8, 4) is 0 Å². The molecule has 2 heterocycles. The van der Waals surface area contributed by atoms with Crippen molar-refractivity contribution in [1.82, 2.24) is 15.0 Å². The van der Waals surface area contributed by atoms with E-state index in [2.05, 4.69) is 25.6 Å². The second-order valence-corrected chi connectivity index (χ2v) is 8.79. The van der Waals surface area contributed by atoms with E-state index in [1.165, 1.54) is 35.6 Å². The zero-order valence-corrected chi connectivity index (χ0v) is 16.7. The molecule has 29 heavy (non-hydrogen) atoms. The minimum atomic E-state index is -3.78. The summed E-state index contributed by atoms with van der Waals surface area (Å²) >= 11 is 1.39. The number of fused-ring (bicyclic) bond motifs is 1. The summed E-state index contributed by atoms with van der Waals surface area (Å²) in [6.45, 7) is 1.99. The van der Waals surface area contributed by atoms with Gasteiger partial charge in [-0.15, -0.1) is 0 Å². The number of rotatable bonds is 5. The Kier molecular flexibility index (Phi) is 4.86. The van der Waals surface area contributed by atoms with E-state index in [1.807, 2.05) is 25.1 Å². The molecule has 2 aromatic carbocycles. The van der Waals surface area contributed by atoms with E-state index in [1.54, 1.807) is 0 Å². The third-order valence-corrected chi connectivity index (χ3v) is 5.82. The predicted octanol–water partition coefficient (Wildman–Crippen LogP) is 3.67. The number of nitrogens with two attached hydrogens (primary N) is 1. The van der Waals surface area contributed by atoms with Crippen LogP contribution < -0.4 is 15.8 Å². The molecule has 0 saturated carbocycles. The van der Waals surface area contributed by atoms with Gasteiger partial charge in [-0.2, -0.15) is 4.98 Å². The average Bonchev–Trinajstić information content (AvgIpc) is 3.05. The van der Waals surface area contributed by atoms with Crippen LogP contribution in [0.2, 0.25) is 0 Å². The first-order valence-corrected chi connectivity index (χ1v) is 10.7. The van der Waals surface area contributed by atoms with E-state index < -0.39 is 15.8 Å². The van der Waals surface area contributed by atoms with E-state index in [-0.39, 0.29) is 16.7 Å². The van der Waals surface area contributed by atoms with Crippen LogP contribution in [0.4, 0.5) is 27.0 Å². The van der Waals surface area contributed by atoms with Crippen LogP contribution in [0.3, 0.4) is 0 Å². The molecule has 11 heteroatoms. The first kappa shape index (κ1) is 19.2. The molecular weight excluding hydrogens is 415 g/mol. The Bertz CT molecular complexity index is 1310. The van der Waals surface area contributed by atoms with Crippen LogP contribution in [0, 0.1) is 12.7 Å². The third kappa shape index (κ3) is 4.31. The minimum Gasteiger partial charge on any atom is -0.324 e. The Labute approximate surface area is 169 Å². The molecule has 4 rings (SSSR count). The SMILES string of the molecule is Cc1ccc2nc(Nc3nc(Nc4ccc(S(N)(=O)=O)cc4)ncc3F)sc2c1. The highest BCUT2D eigenvalue weighted by Crippen LogP contribution is 2.29. The van der Waals surface area contributed by atoms with Crippen molar-refractivity contribution >= 4 is 54.2 Å². The van der Waals surface area contributed by atoms with E-state index in [9.17, 15) is 12.8 Å². The summed E-state index contributed by atoms with van der Waals surface area (Å²) in [6.07, 6.45) is 1.04. The van der Waals surface area contributed by atoms with Gasteiger partial charge in [0.05, 0.1) is 21.3 Å². The van der Waals surface area contributed by atoms with Gasteiger partial charge >= 0.3 is 0 Å². The van der Waals surface area contributed by atoms with Crippen molar-refractivity contribution in [2.75, 3.05) is 10.6 Å². The van der Waals surface area contributed by atoms with Gasteiger partial charge in [0.1, 0.15) is 0 Å². The van der Waals surface area contributed by atoms with Gasteiger partial charge in [0.15, 0.2) is 16.8 Å². The number of primary sulfonamides is 1. The summed E-state index contributed by atoms with van der Waals surface area (Å²) in [5.74, 6) is -0.524. The summed E-state index contributed by atoms with van der Waals surface area (Å²) in [5.41, 5.74) is 2.44. The lowest BCUT2D eigenvalue weighted by atomic mass is 10.2. The number of anilines is 4. The van der Waals surface area contributed by atoms with Crippen LogP contribution >= 0.6 is 11.3 Å². The molecule has 0 aliphatic rings. The van der Waals surface area contributed by atoms with Crippen molar-refractivity contribution in [3.05, 3.63) is 60.0 Å². The van der Waals surface area contributed by atoms with Crippen molar-refractivity contribution in [3.63, 3.8) is 0 Å². The predicted molar refractivity (Wildman–Crippen MR) is 111 cm³/mol. The number of aromatic nitrogens is 3. The molecule has 0 spiro atoms. The van der Waals surface area contributed by atoms with Crippen LogP contribution in [0.15, 0.2) is 53.6 Å². The molecule has 0 aliphatic carbocycles. The maximum absolute atomic E-state index is 14.2. The number of halogens is 1. The Balaban J connectivity index is 1.57. The van der Waals surface area contributed by atoms with Crippen molar-refractivity contribution in [2.24, 2.45) is 5.14 Å². The van der Waals surface area contributed by atoms with Crippen LogP contribution in [-0.2, 0) is 10.0 Å². The molecule has 4 aromatic rings. The van der Waals surface area contributed by atoms with Gasteiger partial charge in [-0.1, -0.05) is 17.4 Å². The van der Waals surface area contributed by atoms with Crippen LogP contribution in [0.1, 0.15) is 5.56 Å². The van der Waals surface area contributed by atoms with Crippen molar-refractivity contribution in [1.29, 1.82) is 0 Å². The number of hydrogen-bond acceptors (Lipinski definition) is 8. The number of nitrogens with zero attached hydrogens (tertiary/aromatic N) is 3. The quantitative estimate of drug-likeness (QED) is 0.441. The third-order valence-electron chi connectivity index (χ3n) is 3.95. The van der Waals surface area contributed by atoms with Gasteiger partial charge in [-0.25, -0.2) is 27.9 Å². The molecule has 0 aliphatic heterocycles. The molecule has 0 amide bonds. The number of hydrogen-bond donors (Lipinski definition) is 3. The molecule has 8 nitrogen and oxygen atoms in total. The number of thiazole rings is 1. The monoisotopic (exact) mass is 430 g/mol. The molecule has 2 aromatic heterocycles. The summed E-state index contributed by atoms with van der Waals surface area (Å²) in [7, 11) is -3.78. The zero-order chi connectivity index (χ0) is 20.6. The van der Waals surface area contributed by atoms with E-state index in [0.717, 1.165) is 22.0 Å². The summed E-state index contributed by atoms with van der Waals surface area (Å²) in [4.78, 5) is 12.5. The molecule has 0 saturated heterocycles. The fourth-order valence-corrected chi connectivity index (χ4v) is 4.04. The largest absolute Gasteiger partial charge is 0.324 e. The smallest absolute Gasteiger partial charge is 0.238 e. The molecular formula is C18H15FN6O2S2. The van der Waals surface area contributed by atoms with E-state index in [0.29, 0.717) is 10.8 Å². The molecule has 0 fully saturated rings. The highest BCUT2D eigenvalue weighted by Gasteiger charge is 2.12. The Morgan fingerprint density at radius 3 is 2.55 bits per heavy atom. The van der Waals surface area contributed by atoms with Gasteiger partial charge in [0.2, 0.25) is 16.0 Å². The lowest BCUT2D eigenvalue weighted by Crippen LogP contribution is -2.11. The maximum atomic E-state index is 14.2. The topological polar surface area (TPSA) is 123 Å². The lowest BCUT2D eigenvalue weighted by Gasteiger charge is -2.08. The van der Waals surface area contributed by atoms with Gasteiger partial charge in [-0.3, -0.25) is 0 Å². The number of nitrogens with one attached hydrogen (secondary N) is 2. The normalized spacial score (nSPS) is 11.6. The number of sulfonamides is 1. The Morgan fingerprint density at radius 2 is 1.83 bits per heavy atom. The second-order valence-electron chi connectivity index (χ2n) is 6.20. The fraction of sp³-hybridized carbons (Fsp3) is 0.0556. The summed E-state index contributed by atoms with van der Waals surface area (Å²) in [6, 6.07) is 11.6. The molecule has 4 N–H and O–H groups in total. The maximum Gasteiger partial charge on any atom is 0.238 e. The van der Waals surface area contributed by atoms with Gasteiger partial charge in [0, 0.05) is 5.69 Å². The van der Waals surface area contributed by atoms with Gasteiger partial charge in [0.25, 0.3) is 0 Å². The number of aryl methyl sites for hydroxylation is 1. The first-order valence-electron chi connectivity index (χ1n) is 8.34. The molecule has 148 valence electrons. The van der Waals surface area contributed by atoms with Crippen LogP contribution in [0.5, 0.6) is 0 Å². The van der Waals surface area contributed by atoms with Gasteiger partial charge in [-0.05, 0) is 48.9 Å². The summed E-state index contributed by atoms with van der Waals surface area (Å²) < 4.78 is 37.8.